The maximum atomic E-state index is 13.9. The molecule has 1 aliphatic heterocycles. The maximum absolute atomic E-state index is 13.9. The highest BCUT2D eigenvalue weighted by Crippen LogP contribution is 2.55. The summed E-state index contributed by atoms with van der Waals surface area (Å²) < 4.78 is 44.5. The van der Waals surface area contributed by atoms with Crippen molar-refractivity contribution in [1.29, 1.82) is 5.26 Å². The van der Waals surface area contributed by atoms with Crippen molar-refractivity contribution in [2.24, 2.45) is 0 Å². The number of rotatable bonds is 8. The summed E-state index contributed by atoms with van der Waals surface area (Å²) in [6.07, 6.45) is 0.835. The number of benzene rings is 2. The number of morpholine rings is 1. The highest BCUT2D eigenvalue weighted by atomic mass is 32.2. The largest absolute Gasteiger partial charge is 0.377 e. The fourth-order valence-electron chi connectivity index (χ4n) is 4.76. The summed E-state index contributed by atoms with van der Waals surface area (Å²) in [6, 6.07) is 16.1. The molecule has 0 spiro atoms. The fourth-order valence-corrected chi connectivity index (χ4v) is 6.73. The molecule has 2 fully saturated rings. The topological polar surface area (TPSA) is 137 Å². The number of hydrogen-bond donors (Lipinski definition) is 2. The van der Waals surface area contributed by atoms with Gasteiger partial charge in [-0.3, -0.25) is 0 Å². The summed E-state index contributed by atoms with van der Waals surface area (Å²) in [5.74, 6) is 0.978. The lowest BCUT2D eigenvalue weighted by Crippen LogP contribution is -2.44. The number of urea groups is 1. The first-order valence-electron chi connectivity index (χ1n) is 13.0. The minimum absolute atomic E-state index is 0.0315. The van der Waals surface area contributed by atoms with Crippen molar-refractivity contribution in [1.82, 2.24) is 15.3 Å². The van der Waals surface area contributed by atoms with Crippen molar-refractivity contribution < 1.29 is 22.3 Å². The lowest BCUT2D eigenvalue weighted by molar-refractivity contribution is 0.0985. The number of nitrogens with zero attached hydrogens (tertiary/aromatic N) is 4. The number of aromatic nitrogens is 2. The number of sulfone groups is 1. The maximum Gasteiger partial charge on any atom is 0.319 e. The van der Waals surface area contributed by atoms with E-state index in [-0.39, 0.29) is 17.5 Å². The van der Waals surface area contributed by atoms with E-state index in [1.807, 2.05) is 13.0 Å². The minimum Gasteiger partial charge on any atom is -0.377 e. The molecule has 12 heteroatoms. The lowest BCUT2D eigenvalue weighted by atomic mass is 10.1. The van der Waals surface area contributed by atoms with Crippen LogP contribution in [0.15, 0.2) is 59.5 Å². The summed E-state index contributed by atoms with van der Waals surface area (Å²) >= 11 is 0. The molecule has 2 amide bonds. The molecule has 2 heterocycles. The predicted molar refractivity (Wildman–Crippen MR) is 147 cm³/mol. The molecule has 0 unspecified atom stereocenters. The number of nitrogens with one attached hydrogen (secondary N) is 2. The SMILES string of the molecule is C[C@H]1COCCN1c1cc(C2(S(=O)(=O)c3ccc(C#N)cc3)CC2)nc(-c2ccc(NC(=O)NCCF)cc2)n1. The minimum atomic E-state index is -3.82. The summed E-state index contributed by atoms with van der Waals surface area (Å²) in [5.41, 5.74) is 1.95. The third kappa shape index (κ3) is 5.35. The predicted octanol–water partition coefficient (Wildman–Crippen LogP) is 3.79. The molecule has 1 atom stereocenters. The van der Waals surface area contributed by atoms with Crippen LogP contribution in [0.25, 0.3) is 11.4 Å². The Morgan fingerprint density at radius 3 is 2.52 bits per heavy atom. The van der Waals surface area contributed by atoms with Gasteiger partial charge in [0.1, 0.15) is 17.2 Å². The van der Waals surface area contributed by atoms with Gasteiger partial charge in [0.2, 0.25) is 0 Å². The molecular weight excluding hydrogens is 535 g/mol. The monoisotopic (exact) mass is 564 g/mol. The Kier molecular flexibility index (Phi) is 7.69. The van der Waals surface area contributed by atoms with Gasteiger partial charge in [-0.15, -0.1) is 0 Å². The average molecular weight is 565 g/mol. The Balaban J connectivity index is 1.53. The van der Waals surface area contributed by atoms with E-state index in [0.717, 1.165) is 0 Å². The van der Waals surface area contributed by atoms with E-state index in [2.05, 4.69) is 15.5 Å². The summed E-state index contributed by atoms with van der Waals surface area (Å²) in [6.45, 7) is 2.93. The van der Waals surface area contributed by atoms with Crippen LogP contribution in [-0.4, -0.2) is 63.4 Å². The number of amides is 2. The lowest BCUT2D eigenvalue weighted by Gasteiger charge is -2.34. The zero-order valence-electron chi connectivity index (χ0n) is 21.9. The van der Waals surface area contributed by atoms with Crippen LogP contribution in [-0.2, 0) is 19.3 Å². The van der Waals surface area contributed by atoms with Gasteiger partial charge in [-0.05, 0) is 68.3 Å². The van der Waals surface area contributed by atoms with Crippen LogP contribution in [0.1, 0.15) is 31.0 Å². The molecule has 2 aliphatic rings. The van der Waals surface area contributed by atoms with Gasteiger partial charge in [0.15, 0.2) is 15.7 Å². The zero-order chi connectivity index (χ0) is 28.3. The summed E-state index contributed by atoms with van der Waals surface area (Å²) in [5, 5.41) is 14.2. The normalized spacial score (nSPS) is 18.0. The molecule has 1 aromatic heterocycles. The molecule has 3 aromatic rings. The summed E-state index contributed by atoms with van der Waals surface area (Å²) in [4.78, 5) is 23.7. The molecule has 5 rings (SSSR count). The van der Waals surface area contributed by atoms with Crippen LogP contribution in [0.4, 0.5) is 20.7 Å². The molecule has 2 aromatic carbocycles. The molecule has 10 nitrogen and oxygen atoms in total. The van der Waals surface area contributed by atoms with Gasteiger partial charge in [-0.1, -0.05) is 0 Å². The number of alkyl halides is 1. The van der Waals surface area contributed by atoms with E-state index in [0.29, 0.717) is 66.8 Å². The van der Waals surface area contributed by atoms with Gasteiger partial charge in [0, 0.05) is 30.4 Å². The van der Waals surface area contributed by atoms with Gasteiger partial charge in [-0.25, -0.2) is 27.6 Å². The van der Waals surface area contributed by atoms with Crippen molar-refractivity contribution in [3.8, 4) is 17.5 Å². The van der Waals surface area contributed by atoms with Crippen molar-refractivity contribution in [3.05, 3.63) is 65.9 Å². The second kappa shape index (κ2) is 11.2. The first-order valence-corrected chi connectivity index (χ1v) is 14.5. The first-order chi connectivity index (χ1) is 19.3. The Labute approximate surface area is 232 Å². The second-order valence-electron chi connectivity index (χ2n) is 9.83. The van der Waals surface area contributed by atoms with Crippen molar-refractivity contribution >= 4 is 27.4 Å². The molecule has 0 radical (unpaired) electrons. The quantitative estimate of drug-likeness (QED) is 0.422. The number of anilines is 2. The number of nitriles is 1. The Morgan fingerprint density at radius 2 is 1.90 bits per heavy atom. The number of hydrogen-bond acceptors (Lipinski definition) is 8. The molecule has 1 saturated heterocycles. The van der Waals surface area contributed by atoms with Crippen molar-refractivity contribution in [2.45, 2.75) is 35.4 Å². The standard InChI is InChI=1S/C28H29FN6O4S/c1-19-18-39-15-14-35(19)25-16-24(28(10-11-28)40(37,38)23-8-2-20(17-30)3-9-23)33-26(34-25)21-4-6-22(7-5-21)32-27(36)31-13-12-29/h2-9,16,19H,10-15,18H2,1H3,(H2,31,32,36)/t19-/m0/s1. The Bertz CT molecular complexity index is 1540. The van der Waals surface area contributed by atoms with Gasteiger partial charge in [0.05, 0.1) is 41.5 Å². The average Bonchev–Trinajstić information content (AvgIpc) is 3.80. The fraction of sp³-hybridized carbons (Fsp3) is 0.357. The number of carbonyl (C=O) groups is 1. The van der Waals surface area contributed by atoms with Crippen LogP contribution < -0.4 is 15.5 Å². The molecule has 208 valence electrons. The van der Waals surface area contributed by atoms with E-state index in [4.69, 9.17) is 20.0 Å². The van der Waals surface area contributed by atoms with E-state index in [1.54, 1.807) is 30.3 Å². The Hall–Kier alpha value is -4.08. The van der Waals surface area contributed by atoms with E-state index < -0.39 is 27.3 Å². The van der Waals surface area contributed by atoms with Crippen LogP contribution in [0.3, 0.4) is 0 Å². The van der Waals surface area contributed by atoms with Crippen molar-refractivity contribution in [2.75, 3.05) is 43.2 Å². The Morgan fingerprint density at radius 1 is 1.18 bits per heavy atom. The van der Waals surface area contributed by atoms with E-state index in [1.165, 1.54) is 24.3 Å². The molecule has 1 aliphatic carbocycles. The number of halogens is 1. The molecule has 2 N–H and O–H groups in total. The van der Waals surface area contributed by atoms with Gasteiger partial charge in [-0.2, -0.15) is 5.26 Å². The third-order valence-electron chi connectivity index (χ3n) is 7.13. The smallest absolute Gasteiger partial charge is 0.319 e. The van der Waals surface area contributed by atoms with E-state index >= 15 is 0 Å². The van der Waals surface area contributed by atoms with Gasteiger partial charge < -0.3 is 20.3 Å². The third-order valence-corrected chi connectivity index (χ3v) is 9.67. The summed E-state index contributed by atoms with van der Waals surface area (Å²) in [7, 11) is -3.82. The van der Waals surface area contributed by atoms with Gasteiger partial charge in [0.25, 0.3) is 0 Å². The van der Waals surface area contributed by atoms with Crippen LogP contribution in [0, 0.1) is 11.3 Å². The van der Waals surface area contributed by atoms with Crippen LogP contribution >= 0.6 is 0 Å². The second-order valence-corrected chi connectivity index (χ2v) is 12.1. The zero-order valence-corrected chi connectivity index (χ0v) is 22.7. The van der Waals surface area contributed by atoms with Crippen LogP contribution in [0.2, 0.25) is 0 Å². The molecule has 0 bridgehead atoms. The molecular formula is C28H29FN6O4S. The van der Waals surface area contributed by atoms with Crippen molar-refractivity contribution in [3.63, 3.8) is 0 Å². The first kappa shape index (κ1) is 27.5. The van der Waals surface area contributed by atoms with E-state index in [9.17, 15) is 17.6 Å². The van der Waals surface area contributed by atoms with Crippen LogP contribution in [0.5, 0.6) is 0 Å². The number of carbonyl (C=O) groups excluding carboxylic acids is 1. The van der Waals surface area contributed by atoms with Gasteiger partial charge >= 0.3 is 6.03 Å². The number of ether oxygens (including phenoxy) is 1. The molecule has 40 heavy (non-hydrogen) atoms. The molecule has 1 saturated carbocycles. The highest BCUT2D eigenvalue weighted by molar-refractivity contribution is 7.92. The highest BCUT2D eigenvalue weighted by Gasteiger charge is 2.58.